The van der Waals surface area contributed by atoms with Gasteiger partial charge in [-0.2, -0.15) is 0 Å². The van der Waals surface area contributed by atoms with Crippen molar-refractivity contribution in [3.05, 3.63) is 158 Å². The highest BCUT2D eigenvalue weighted by Crippen LogP contribution is 2.49. The van der Waals surface area contributed by atoms with Gasteiger partial charge < -0.3 is 17.7 Å². The van der Waals surface area contributed by atoms with Gasteiger partial charge in [0.15, 0.2) is 0 Å². The molecular formula is C50H26O4. The van der Waals surface area contributed by atoms with Gasteiger partial charge in [-0.15, -0.1) is 0 Å². The first-order valence-electron chi connectivity index (χ1n) is 18.2. The fourth-order valence-electron chi connectivity index (χ4n) is 9.27. The number of hydrogen-bond donors (Lipinski definition) is 0. The summed E-state index contributed by atoms with van der Waals surface area (Å²) in [6.45, 7) is 0. The van der Waals surface area contributed by atoms with E-state index in [0.29, 0.717) is 0 Å². The Morgan fingerprint density at radius 3 is 1.26 bits per heavy atom. The highest BCUT2D eigenvalue weighted by molar-refractivity contribution is 6.30. The average molecular weight is 691 g/mol. The summed E-state index contributed by atoms with van der Waals surface area (Å²) in [5, 5.41) is 13.4. The summed E-state index contributed by atoms with van der Waals surface area (Å²) in [5.74, 6) is 0. The molecule has 0 aliphatic carbocycles. The molecule has 0 amide bonds. The minimum absolute atomic E-state index is 0.849. The molecule has 0 aliphatic heterocycles. The Morgan fingerprint density at radius 2 is 0.685 bits per heavy atom. The van der Waals surface area contributed by atoms with Crippen LogP contribution in [0.1, 0.15) is 0 Å². The van der Waals surface area contributed by atoms with E-state index in [1.165, 1.54) is 16.3 Å². The molecule has 0 aliphatic rings. The van der Waals surface area contributed by atoms with Crippen molar-refractivity contribution in [2.24, 2.45) is 0 Å². The summed E-state index contributed by atoms with van der Waals surface area (Å²) in [6, 6.07) is 55.2. The molecule has 13 rings (SSSR count). The van der Waals surface area contributed by atoms with Crippen molar-refractivity contribution in [3.8, 4) is 22.3 Å². The van der Waals surface area contributed by atoms with Gasteiger partial charge in [0.05, 0.1) is 0 Å². The molecule has 250 valence electrons. The summed E-state index contributed by atoms with van der Waals surface area (Å²) >= 11 is 0. The van der Waals surface area contributed by atoms with E-state index < -0.39 is 0 Å². The van der Waals surface area contributed by atoms with Crippen LogP contribution in [-0.4, -0.2) is 0 Å². The van der Waals surface area contributed by atoms with Gasteiger partial charge >= 0.3 is 0 Å². The minimum Gasteiger partial charge on any atom is -0.456 e. The third-order valence-corrected chi connectivity index (χ3v) is 11.5. The van der Waals surface area contributed by atoms with Crippen molar-refractivity contribution < 1.29 is 17.7 Å². The number of hydrogen-bond acceptors (Lipinski definition) is 4. The molecule has 4 heteroatoms. The van der Waals surface area contributed by atoms with Crippen molar-refractivity contribution in [3.63, 3.8) is 0 Å². The van der Waals surface area contributed by atoms with Crippen molar-refractivity contribution in [2.45, 2.75) is 0 Å². The van der Waals surface area contributed by atoms with Gasteiger partial charge in [0.25, 0.3) is 0 Å². The predicted octanol–water partition coefficient (Wildman–Crippen LogP) is 14.9. The Kier molecular flexibility index (Phi) is 5.34. The fraction of sp³-hybridized carbons (Fsp3) is 0. The maximum absolute atomic E-state index is 6.84. The summed E-state index contributed by atoms with van der Waals surface area (Å²) < 4.78 is 26.0. The standard InChI is InChI=1S/C50H26O4/c1-3-12-30-28(10-1)44(27-20-21-34-43(26-27)53-41-23-22-39-46(48(34)41)32-14-5-7-18-37(32)51-39)29-11-2-4-13-31(29)45(30)35-16-9-17-36-49-42(54-50(35)36)25-24-40-47(49)33-15-6-8-19-38(33)52-40/h1-26H. The van der Waals surface area contributed by atoms with Gasteiger partial charge in [-0.1, -0.05) is 109 Å². The average Bonchev–Trinajstić information content (AvgIpc) is 3.99. The Balaban J connectivity index is 1.09. The second-order valence-corrected chi connectivity index (χ2v) is 14.3. The molecular weight excluding hydrogens is 665 g/mol. The van der Waals surface area contributed by atoms with Gasteiger partial charge in [0, 0.05) is 54.2 Å². The number of rotatable bonds is 2. The lowest BCUT2D eigenvalue weighted by Gasteiger charge is -2.17. The molecule has 0 unspecified atom stereocenters. The molecule has 0 radical (unpaired) electrons. The van der Waals surface area contributed by atoms with E-state index in [4.69, 9.17) is 17.7 Å². The number of benzene rings is 9. The maximum Gasteiger partial charge on any atom is 0.143 e. The first-order valence-corrected chi connectivity index (χ1v) is 18.2. The Labute approximate surface area is 306 Å². The molecule has 0 atom stereocenters. The van der Waals surface area contributed by atoms with Gasteiger partial charge in [0.1, 0.15) is 44.7 Å². The quantitative estimate of drug-likeness (QED) is 0.169. The van der Waals surface area contributed by atoms with Crippen LogP contribution >= 0.6 is 0 Å². The lowest BCUT2D eigenvalue weighted by molar-refractivity contribution is 0.663. The number of furan rings is 4. The Hall–Kier alpha value is -7.30. The zero-order valence-electron chi connectivity index (χ0n) is 28.6. The summed E-state index contributed by atoms with van der Waals surface area (Å²) in [5.41, 5.74) is 11.4. The highest BCUT2D eigenvalue weighted by atomic mass is 16.3. The van der Waals surface area contributed by atoms with Crippen molar-refractivity contribution in [1.82, 2.24) is 0 Å². The van der Waals surface area contributed by atoms with Gasteiger partial charge in [0.2, 0.25) is 0 Å². The van der Waals surface area contributed by atoms with Crippen molar-refractivity contribution in [1.29, 1.82) is 0 Å². The molecule has 0 N–H and O–H groups in total. The van der Waals surface area contributed by atoms with Gasteiger partial charge in [-0.25, -0.2) is 0 Å². The SMILES string of the molecule is c1ccc2c(c1)oc1ccc3oc4cc(-c5c6ccccc6c(-c6cccc7c6oc6ccc8oc9ccccc9c8c67)c6ccccc56)ccc4c3c12. The van der Waals surface area contributed by atoms with E-state index in [0.717, 1.165) is 115 Å². The molecule has 0 spiro atoms. The molecule has 54 heavy (non-hydrogen) atoms. The van der Waals surface area contributed by atoms with E-state index in [9.17, 15) is 0 Å². The van der Waals surface area contributed by atoms with E-state index in [1.54, 1.807) is 0 Å². The molecule has 0 fully saturated rings. The summed E-state index contributed by atoms with van der Waals surface area (Å²) in [4.78, 5) is 0. The summed E-state index contributed by atoms with van der Waals surface area (Å²) in [7, 11) is 0. The molecule has 4 aromatic heterocycles. The van der Waals surface area contributed by atoms with Crippen LogP contribution in [0.15, 0.2) is 175 Å². The topological polar surface area (TPSA) is 52.6 Å². The minimum atomic E-state index is 0.849. The van der Waals surface area contributed by atoms with Gasteiger partial charge in [-0.3, -0.25) is 0 Å². The molecule has 4 nitrogen and oxygen atoms in total. The lowest BCUT2D eigenvalue weighted by Crippen LogP contribution is -1.91. The monoisotopic (exact) mass is 690 g/mol. The van der Waals surface area contributed by atoms with Crippen LogP contribution in [0, 0.1) is 0 Å². The fourth-order valence-corrected chi connectivity index (χ4v) is 9.27. The van der Waals surface area contributed by atoms with Crippen LogP contribution in [0.5, 0.6) is 0 Å². The third kappa shape index (κ3) is 3.61. The molecule has 0 saturated carbocycles. The smallest absolute Gasteiger partial charge is 0.143 e. The number of fused-ring (bicyclic) bond motifs is 16. The zero-order valence-corrected chi connectivity index (χ0v) is 28.6. The largest absolute Gasteiger partial charge is 0.456 e. The zero-order chi connectivity index (χ0) is 35.1. The maximum atomic E-state index is 6.84. The lowest BCUT2D eigenvalue weighted by atomic mass is 9.85. The van der Waals surface area contributed by atoms with Crippen LogP contribution in [0.2, 0.25) is 0 Å². The normalized spacial score (nSPS) is 12.4. The number of para-hydroxylation sites is 3. The Bertz CT molecular complexity index is 3680. The van der Waals surface area contributed by atoms with Crippen molar-refractivity contribution in [2.75, 3.05) is 0 Å². The van der Waals surface area contributed by atoms with Crippen molar-refractivity contribution >= 4 is 109 Å². The van der Waals surface area contributed by atoms with Crippen LogP contribution in [0.4, 0.5) is 0 Å². The Morgan fingerprint density at radius 1 is 0.259 bits per heavy atom. The van der Waals surface area contributed by atoms with Gasteiger partial charge in [-0.05, 0) is 81.2 Å². The van der Waals surface area contributed by atoms with Crippen LogP contribution < -0.4 is 0 Å². The van der Waals surface area contributed by atoms with E-state index in [2.05, 4.69) is 109 Å². The second kappa shape index (κ2) is 10.2. The highest BCUT2D eigenvalue weighted by Gasteiger charge is 2.23. The molecule has 0 bridgehead atoms. The van der Waals surface area contributed by atoms with Crippen LogP contribution in [-0.2, 0) is 0 Å². The molecule has 4 heterocycles. The third-order valence-electron chi connectivity index (χ3n) is 11.5. The molecule has 13 aromatic rings. The predicted molar refractivity (Wildman–Crippen MR) is 221 cm³/mol. The van der Waals surface area contributed by atoms with Crippen LogP contribution in [0.25, 0.3) is 132 Å². The summed E-state index contributed by atoms with van der Waals surface area (Å²) in [6.07, 6.45) is 0. The van der Waals surface area contributed by atoms with E-state index in [-0.39, 0.29) is 0 Å². The van der Waals surface area contributed by atoms with Crippen LogP contribution in [0.3, 0.4) is 0 Å². The first kappa shape index (κ1) is 28.3. The van der Waals surface area contributed by atoms with E-state index >= 15 is 0 Å². The first-order chi connectivity index (χ1) is 26.8. The molecule has 9 aromatic carbocycles. The van der Waals surface area contributed by atoms with E-state index in [1.807, 2.05) is 48.5 Å². The molecule has 0 saturated heterocycles. The second-order valence-electron chi connectivity index (χ2n) is 14.3.